The van der Waals surface area contributed by atoms with Gasteiger partial charge in [-0.1, -0.05) is 0 Å². The van der Waals surface area contributed by atoms with Crippen LogP contribution in [0.5, 0.6) is 23.0 Å². The Bertz CT molecular complexity index is 879. The second kappa shape index (κ2) is 5.54. The van der Waals surface area contributed by atoms with E-state index < -0.39 is 5.79 Å². The van der Waals surface area contributed by atoms with Crippen molar-refractivity contribution in [2.75, 3.05) is 27.4 Å². The van der Waals surface area contributed by atoms with E-state index >= 15 is 0 Å². The van der Waals surface area contributed by atoms with Gasteiger partial charge in [-0.2, -0.15) is 0 Å². The molecule has 3 aliphatic heterocycles. The van der Waals surface area contributed by atoms with Gasteiger partial charge in [0.05, 0.1) is 27.4 Å². The molecule has 5 heteroatoms. The van der Waals surface area contributed by atoms with Crippen molar-refractivity contribution >= 4 is 12.2 Å². The highest BCUT2D eigenvalue weighted by atomic mass is 16.7. The fraction of sp³-hybridized carbons (Fsp3) is 0.238. The Balaban J connectivity index is 1.64. The van der Waals surface area contributed by atoms with E-state index in [2.05, 4.69) is 12.2 Å². The zero-order chi connectivity index (χ0) is 17.7. The number of benzene rings is 2. The maximum Gasteiger partial charge on any atom is 0.302 e. The van der Waals surface area contributed by atoms with Gasteiger partial charge in [0.15, 0.2) is 0 Å². The summed E-state index contributed by atoms with van der Waals surface area (Å²) in [6.45, 7) is 0.916. The van der Waals surface area contributed by atoms with Crippen molar-refractivity contribution in [1.29, 1.82) is 0 Å². The van der Waals surface area contributed by atoms with Crippen LogP contribution in [-0.2, 0) is 4.74 Å². The number of hydrogen-bond donors (Lipinski definition) is 0. The van der Waals surface area contributed by atoms with E-state index in [0.29, 0.717) is 13.2 Å². The topological polar surface area (TPSA) is 46.2 Å². The molecular formula is C21H18O5. The van der Waals surface area contributed by atoms with Crippen molar-refractivity contribution in [3.05, 3.63) is 58.7 Å². The van der Waals surface area contributed by atoms with Crippen LogP contribution in [-0.4, -0.2) is 33.2 Å². The molecule has 5 rings (SSSR count). The first kappa shape index (κ1) is 15.3. The average molecular weight is 350 g/mol. The lowest BCUT2D eigenvalue weighted by Gasteiger charge is -2.45. The molecule has 132 valence electrons. The van der Waals surface area contributed by atoms with E-state index in [0.717, 1.165) is 45.3 Å². The third-order valence-corrected chi connectivity index (χ3v) is 4.96. The highest BCUT2D eigenvalue weighted by molar-refractivity contribution is 5.73. The van der Waals surface area contributed by atoms with E-state index in [1.54, 1.807) is 14.2 Å². The molecule has 0 aliphatic carbocycles. The summed E-state index contributed by atoms with van der Waals surface area (Å²) in [5, 5.41) is 0. The zero-order valence-corrected chi connectivity index (χ0v) is 14.6. The smallest absolute Gasteiger partial charge is 0.302 e. The Kier molecular flexibility index (Phi) is 3.27. The van der Waals surface area contributed by atoms with Gasteiger partial charge in [-0.25, -0.2) is 0 Å². The Morgan fingerprint density at radius 2 is 1.27 bits per heavy atom. The fourth-order valence-corrected chi connectivity index (χ4v) is 3.63. The van der Waals surface area contributed by atoms with Gasteiger partial charge in [-0.05, 0) is 48.6 Å². The minimum Gasteiger partial charge on any atom is -0.497 e. The van der Waals surface area contributed by atoms with Gasteiger partial charge >= 0.3 is 5.79 Å². The molecule has 0 unspecified atom stereocenters. The molecule has 0 N–H and O–H groups in total. The number of ether oxygens (including phenoxy) is 5. The highest BCUT2D eigenvalue weighted by Crippen LogP contribution is 2.48. The second-order valence-electron chi connectivity index (χ2n) is 6.46. The minimum atomic E-state index is -0.943. The predicted molar refractivity (Wildman–Crippen MR) is 96.7 cm³/mol. The zero-order valence-electron chi connectivity index (χ0n) is 14.6. The first-order chi connectivity index (χ1) is 12.7. The van der Waals surface area contributed by atoms with Crippen molar-refractivity contribution in [3.63, 3.8) is 0 Å². The maximum atomic E-state index is 6.41. The molecule has 2 aromatic rings. The summed E-state index contributed by atoms with van der Waals surface area (Å²) in [5.74, 6) is 2.16. The number of fused-ring (bicyclic) bond motifs is 2. The van der Waals surface area contributed by atoms with Crippen LogP contribution in [0, 0.1) is 0 Å². The molecule has 1 saturated heterocycles. The normalized spacial score (nSPS) is 18.5. The molecule has 5 nitrogen and oxygen atoms in total. The lowest BCUT2D eigenvalue weighted by Crippen LogP contribution is -2.53. The van der Waals surface area contributed by atoms with Crippen LogP contribution < -0.4 is 18.9 Å². The summed E-state index contributed by atoms with van der Waals surface area (Å²) in [5.41, 5.74) is 3.80. The van der Waals surface area contributed by atoms with Gasteiger partial charge in [0, 0.05) is 22.3 Å². The first-order valence-corrected chi connectivity index (χ1v) is 8.46. The predicted octanol–water partition coefficient (Wildman–Crippen LogP) is 3.68. The average Bonchev–Trinajstić information content (AvgIpc) is 2.68. The van der Waals surface area contributed by atoms with Crippen LogP contribution >= 0.6 is 0 Å². The molecule has 26 heavy (non-hydrogen) atoms. The third-order valence-electron chi connectivity index (χ3n) is 4.96. The van der Waals surface area contributed by atoms with Crippen LogP contribution in [0.1, 0.15) is 11.1 Å². The third kappa shape index (κ3) is 2.14. The van der Waals surface area contributed by atoms with Crippen LogP contribution in [0.25, 0.3) is 12.2 Å². The van der Waals surface area contributed by atoms with Crippen LogP contribution in [0.4, 0.5) is 0 Å². The largest absolute Gasteiger partial charge is 0.497 e. The minimum absolute atomic E-state index is 0.458. The number of methoxy groups -OCH3 is 2. The second-order valence-corrected chi connectivity index (χ2v) is 6.46. The van der Waals surface area contributed by atoms with Crippen molar-refractivity contribution in [1.82, 2.24) is 0 Å². The van der Waals surface area contributed by atoms with Gasteiger partial charge in [0.25, 0.3) is 0 Å². The summed E-state index contributed by atoms with van der Waals surface area (Å²) in [7, 11) is 3.31. The summed E-state index contributed by atoms with van der Waals surface area (Å²) >= 11 is 0. The molecule has 3 aliphatic rings. The number of rotatable bonds is 2. The summed E-state index contributed by atoms with van der Waals surface area (Å²) < 4.78 is 29.3. The first-order valence-electron chi connectivity index (χ1n) is 8.46. The van der Waals surface area contributed by atoms with Crippen LogP contribution in [0.3, 0.4) is 0 Å². The Hall–Kier alpha value is -2.92. The fourth-order valence-electron chi connectivity index (χ4n) is 3.63. The highest BCUT2D eigenvalue weighted by Gasteiger charge is 2.50. The quantitative estimate of drug-likeness (QED) is 0.827. The summed E-state index contributed by atoms with van der Waals surface area (Å²) in [4.78, 5) is 0. The van der Waals surface area contributed by atoms with Crippen molar-refractivity contribution < 1.29 is 23.7 Å². The molecule has 0 radical (unpaired) electrons. The SMILES string of the molecule is COc1ccc2c(c1)C=C1COCC3=Cc4cc(OC)ccc4OC13O2. The molecule has 0 saturated carbocycles. The molecule has 2 aromatic carbocycles. The van der Waals surface area contributed by atoms with Crippen molar-refractivity contribution in [3.8, 4) is 23.0 Å². The monoisotopic (exact) mass is 350 g/mol. The van der Waals surface area contributed by atoms with Gasteiger partial charge in [0.2, 0.25) is 0 Å². The Labute approximate surface area is 151 Å². The Morgan fingerprint density at radius 1 is 0.769 bits per heavy atom. The van der Waals surface area contributed by atoms with E-state index in [1.807, 2.05) is 36.4 Å². The van der Waals surface area contributed by atoms with Gasteiger partial charge in [0.1, 0.15) is 23.0 Å². The van der Waals surface area contributed by atoms with Crippen molar-refractivity contribution in [2.24, 2.45) is 0 Å². The maximum absolute atomic E-state index is 6.41. The van der Waals surface area contributed by atoms with E-state index in [4.69, 9.17) is 23.7 Å². The van der Waals surface area contributed by atoms with E-state index in [1.165, 1.54) is 0 Å². The number of hydrogen-bond acceptors (Lipinski definition) is 5. The van der Waals surface area contributed by atoms with Gasteiger partial charge < -0.3 is 23.7 Å². The summed E-state index contributed by atoms with van der Waals surface area (Å²) in [6, 6.07) is 11.5. The molecule has 1 fully saturated rings. The molecule has 0 aromatic heterocycles. The molecule has 0 bridgehead atoms. The van der Waals surface area contributed by atoms with E-state index in [-0.39, 0.29) is 0 Å². The van der Waals surface area contributed by atoms with Crippen LogP contribution in [0.2, 0.25) is 0 Å². The van der Waals surface area contributed by atoms with Crippen LogP contribution in [0.15, 0.2) is 47.5 Å². The Morgan fingerprint density at radius 3 is 1.73 bits per heavy atom. The standard InChI is InChI=1S/C21H18O5/c1-22-17-3-5-19-13(9-17)7-15-11-24-12-16-8-14-10-18(23-2)4-6-20(14)26-21(15,16)25-19/h3-10H,11-12H2,1-2H3. The van der Waals surface area contributed by atoms with Crippen molar-refractivity contribution in [2.45, 2.75) is 5.79 Å². The molecule has 0 amide bonds. The molecule has 3 heterocycles. The van der Waals surface area contributed by atoms with E-state index in [9.17, 15) is 0 Å². The molecule has 1 spiro atoms. The summed E-state index contributed by atoms with van der Waals surface area (Å²) in [6.07, 6.45) is 4.14. The molecular weight excluding hydrogens is 332 g/mol. The lowest BCUT2D eigenvalue weighted by molar-refractivity contribution is -0.0861. The van der Waals surface area contributed by atoms with Gasteiger partial charge in [-0.15, -0.1) is 0 Å². The lowest BCUT2D eigenvalue weighted by atomic mass is 9.88. The van der Waals surface area contributed by atoms with Gasteiger partial charge in [-0.3, -0.25) is 0 Å². The molecule has 0 atom stereocenters.